The van der Waals surface area contributed by atoms with Gasteiger partial charge in [-0.15, -0.1) is 0 Å². The zero-order valence-electron chi connectivity index (χ0n) is 17.5. The summed E-state index contributed by atoms with van der Waals surface area (Å²) in [5, 5.41) is 4.19. The Balaban J connectivity index is 1.59. The highest BCUT2D eigenvalue weighted by Gasteiger charge is 2.40. The Bertz CT molecular complexity index is 863. The summed E-state index contributed by atoms with van der Waals surface area (Å²) in [6.07, 6.45) is 13.9. The van der Waals surface area contributed by atoms with Crippen molar-refractivity contribution in [3.8, 4) is 0 Å². The number of pyridine rings is 1. The second-order valence-corrected chi connectivity index (χ2v) is 8.57. The molecule has 3 heterocycles. The first-order valence-electron chi connectivity index (χ1n) is 10.9. The van der Waals surface area contributed by atoms with Gasteiger partial charge >= 0.3 is 5.97 Å². The van der Waals surface area contributed by atoms with Gasteiger partial charge in [0.25, 0.3) is 0 Å². The maximum Gasteiger partial charge on any atom is 0.305 e. The number of esters is 1. The van der Waals surface area contributed by atoms with E-state index in [1.54, 1.807) is 0 Å². The van der Waals surface area contributed by atoms with Crippen molar-refractivity contribution >= 4 is 23.3 Å². The molecule has 0 aromatic carbocycles. The quantitative estimate of drug-likeness (QED) is 0.526. The summed E-state index contributed by atoms with van der Waals surface area (Å²) in [5.74, 6) is -0.186. The van der Waals surface area contributed by atoms with Crippen LogP contribution in [0.3, 0.4) is 0 Å². The van der Waals surface area contributed by atoms with E-state index in [0.717, 1.165) is 5.69 Å². The van der Waals surface area contributed by atoms with Gasteiger partial charge in [0.05, 0.1) is 24.9 Å². The fourth-order valence-electron chi connectivity index (χ4n) is 4.72. The normalized spacial score (nSPS) is 22.2. The Morgan fingerprint density at radius 2 is 2.10 bits per heavy atom. The maximum atomic E-state index is 11.6. The molecule has 1 saturated carbocycles. The Morgan fingerprint density at radius 1 is 1.27 bits per heavy atom. The Kier molecular flexibility index (Phi) is 6.67. The molecule has 4 rings (SSSR count). The average Bonchev–Trinajstić information content (AvgIpc) is 3.40. The third-order valence-electron chi connectivity index (χ3n) is 6.28. The van der Waals surface area contributed by atoms with E-state index >= 15 is 0 Å². The van der Waals surface area contributed by atoms with Crippen LogP contribution in [0.15, 0.2) is 42.9 Å². The van der Waals surface area contributed by atoms with Crippen LogP contribution in [0.5, 0.6) is 0 Å². The van der Waals surface area contributed by atoms with Gasteiger partial charge in [-0.3, -0.25) is 9.78 Å². The number of thiocarbonyl (C=S) groups is 1. The van der Waals surface area contributed by atoms with Gasteiger partial charge in [0.1, 0.15) is 0 Å². The van der Waals surface area contributed by atoms with E-state index in [4.69, 9.17) is 17.0 Å². The number of nitrogens with zero attached hydrogens (tertiary/aromatic N) is 3. The van der Waals surface area contributed by atoms with E-state index in [1.807, 2.05) is 24.4 Å². The molecule has 7 heteroatoms. The van der Waals surface area contributed by atoms with Gasteiger partial charge in [0.15, 0.2) is 5.11 Å². The fraction of sp³-hybridized carbons (Fsp3) is 0.522. The number of hydrogen-bond donors (Lipinski definition) is 1. The van der Waals surface area contributed by atoms with Crippen molar-refractivity contribution in [1.29, 1.82) is 0 Å². The molecule has 1 aliphatic carbocycles. The second kappa shape index (κ2) is 9.60. The van der Waals surface area contributed by atoms with Crippen molar-refractivity contribution in [3.05, 3.63) is 54.1 Å². The van der Waals surface area contributed by atoms with Gasteiger partial charge in [0, 0.05) is 37.6 Å². The van der Waals surface area contributed by atoms with E-state index in [9.17, 15) is 4.79 Å². The lowest BCUT2D eigenvalue weighted by Crippen LogP contribution is -2.30. The summed E-state index contributed by atoms with van der Waals surface area (Å²) < 4.78 is 7.18. The molecule has 0 radical (unpaired) electrons. The molecule has 160 valence electrons. The first-order valence-corrected chi connectivity index (χ1v) is 11.3. The van der Waals surface area contributed by atoms with Crippen molar-refractivity contribution in [2.45, 2.75) is 63.1 Å². The molecular weight excluding hydrogens is 396 g/mol. The van der Waals surface area contributed by atoms with Crippen LogP contribution in [0.4, 0.5) is 0 Å². The third kappa shape index (κ3) is 4.51. The van der Waals surface area contributed by atoms with E-state index in [-0.39, 0.29) is 18.1 Å². The minimum Gasteiger partial charge on any atom is -0.469 e. The molecule has 0 bridgehead atoms. The topological polar surface area (TPSA) is 59.4 Å². The number of methoxy groups -OCH3 is 1. The smallest absolute Gasteiger partial charge is 0.305 e. The van der Waals surface area contributed by atoms with E-state index in [0.29, 0.717) is 30.5 Å². The molecule has 2 atom stereocenters. The average molecular weight is 427 g/mol. The molecule has 0 unspecified atom stereocenters. The fourth-order valence-corrected chi connectivity index (χ4v) is 5.05. The van der Waals surface area contributed by atoms with Gasteiger partial charge in [0.2, 0.25) is 0 Å². The Morgan fingerprint density at radius 3 is 2.83 bits per heavy atom. The summed E-state index contributed by atoms with van der Waals surface area (Å²) in [6, 6.07) is 8.84. The first-order chi connectivity index (χ1) is 14.7. The predicted molar refractivity (Wildman–Crippen MR) is 120 cm³/mol. The molecule has 0 amide bonds. The number of carbonyl (C=O) groups is 1. The minimum absolute atomic E-state index is 0.0148. The number of aromatic nitrogens is 2. The SMILES string of the molecule is COC(=O)CCCN1C(=S)N[C@@H](c2ccccn2)[C@@H]1c1ccn(C2CCCCC2)c1. The second-order valence-electron chi connectivity index (χ2n) is 8.18. The molecule has 30 heavy (non-hydrogen) atoms. The number of ether oxygens (including phenoxy) is 1. The lowest BCUT2D eigenvalue weighted by Gasteiger charge is -2.27. The number of nitrogens with one attached hydrogen (secondary N) is 1. The van der Waals surface area contributed by atoms with Crippen LogP contribution in [0.25, 0.3) is 0 Å². The summed E-state index contributed by atoms with van der Waals surface area (Å²) in [6.45, 7) is 0.698. The number of carbonyl (C=O) groups excluding carboxylic acids is 1. The Hall–Kier alpha value is -2.41. The van der Waals surface area contributed by atoms with Crippen molar-refractivity contribution in [2.24, 2.45) is 0 Å². The van der Waals surface area contributed by atoms with Crippen LogP contribution in [0.1, 0.15) is 74.3 Å². The van der Waals surface area contributed by atoms with Crippen LogP contribution in [0, 0.1) is 0 Å². The molecule has 1 saturated heterocycles. The van der Waals surface area contributed by atoms with Crippen LogP contribution < -0.4 is 5.32 Å². The lowest BCUT2D eigenvalue weighted by molar-refractivity contribution is -0.140. The predicted octanol–water partition coefficient (Wildman–Crippen LogP) is 4.31. The molecule has 2 fully saturated rings. The largest absolute Gasteiger partial charge is 0.469 e. The zero-order chi connectivity index (χ0) is 20.9. The summed E-state index contributed by atoms with van der Waals surface area (Å²) >= 11 is 5.70. The van der Waals surface area contributed by atoms with Gasteiger partial charge in [-0.05, 0) is 55.2 Å². The first kappa shape index (κ1) is 20.8. The summed E-state index contributed by atoms with van der Waals surface area (Å²) in [4.78, 5) is 18.4. The van der Waals surface area contributed by atoms with E-state index in [1.165, 1.54) is 44.8 Å². The van der Waals surface area contributed by atoms with Crippen molar-refractivity contribution in [1.82, 2.24) is 19.8 Å². The van der Waals surface area contributed by atoms with Crippen molar-refractivity contribution in [2.75, 3.05) is 13.7 Å². The van der Waals surface area contributed by atoms with Gasteiger partial charge < -0.3 is 19.5 Å². The molecule has 0 spiro atoms. The van der Waals surface area contributed by atoms with Gasteiger partial charge in [-0.1, -0.05) is 25.3 Å². The standard InChI is InChI=1S/C23H30N4O2S/c1-29-20(28)11-7-14-27-22(21(25-23(27)30)19-10-5-6-13-24-19)17-12-15-26(16-17)18-8-3-2-4-9-18/h5-6,10,12-13,15-16,18,21-22H,2-4,7-9,11,14H2,1H3,(H,25,30)/t21-,22-/m0/s1. The lowest BCUT2D eigenvalue weighted by atomic mass is 9.95. The highest BCUT2D eigenvalue weighted by molar-refractivity contribution is 7.80. The van der Waals surface area contributed by atoms with Crippen molar-refractivity contribution < 1.29 is 9.53 Å². The number of hydrogen-bond acceptors (Lipinski definition) is 4. The van der Waals surface area contributed by atoms with Crippen LogP contribution in [0.2, 0.25) is 0 Å². The zero-order valence-corrected chi connectivity index (χ0v) is 18.3. The monoisotopic (exact) mass is 426 g/mol. The molecule has 1 aliphatic heterocycles. The van der Waals surface area contributed by atoms with Crippen LogP contribution in [-0.2, 0) is 9.53 Å². The van der Waals surface area contributed by atoms with E-state index in [2.05, 4.69) is 38.2 Å². The van der Waals surface area contributed by atoms with Gasteiger partial charge in [-0.2, -0.15) is 0 Å². The Labute approximate surface area is 183 Å². The third-order valence-corrected chi connectivity index (χ3v) is 6.63. The molecule has 2 aliphatic rings. The molecule has 1 N–H and O–H groups in total. The highest BCUT2D eigenvalue weighted by Crippen LogP contribution is 2.39. The summed E-state index contributed by atoms with van der Waals surface area (Å²) in [5.41, 5.74) is 2.22. The van der Waals surface area contributed by atoms with Crippen molar-refractivity contribution in [3.63, 3.8) is 0 Å². The molecular formula is C23H30N4O2S. The summed E-state index contributed by atoms with van der Waals surface area (Å²) in [7, 11) is 1.43. The molecule has 2 aromatic rings. The van der Waals surface area contributed by atoms with Gasteiger partial charge in [-0.25, -0.2) is 0 Å². The maximum absolute atomic E-state index is 11.6. The minimum atomic E-state index is -0.186. The molecule has 6 nitrogen and oxygen atoms in total. The van der Waals surface area contributed by atoms with Crippen LogP contribution >= 0.6 is 12.2 Å². The molecule has 2 aromatic heterocycles. The number of rotatable bonds is 7. The van der Waals surface area contributed by atoms with Crippen LogP contribution in [-0.4, -0.2) is 39.2 Å². The highest BCUT2D eigenvalue weighted by atomic mass is 32.1. The van der Waals surface area contributed by atoms with E-state index < -0.39 is 0 Å².